The van der Waals surface area contributed by atoms with E-state index >= 15 is 0 Å². The average Bonchev–Trinajstić information content (AvgIpc) is 2.58. The van der Waals surface area contributed by atoms with E-state index in [9.17, 15) is 9.59 Å². The molecule has 0 aliphatic rings. The molecule has 0 bridgehead atoms. The molecule has 82 valence electrons. The summed E-state index contributed by atoms with van der Waals surface area (Å²) in [7, 11) is 2.91. The number of nitrogens with zero attached hydrogens (tertiary/aromatic N) is 2. The SMILES string of the molecule is COC(=O)c1nn(C)cc1NC(=O)CBr. The number of halogens is 1. The van der Waals surface area contributed by atoms with Crippen LogP contribution >= 0.6 is 15.9 Å². The minimum Gasteiger partial charge on any atom is -0.464 e. The van der Waals surface area contributed by atoms with E-state index in [1.807, 2.05) is 0 Å². The van der Waals surface area contributed by atoms with Crippen LogP contribution in [0.25, 0.3) is 0 Å². The quantitative estimate of drug-likeness (QED) is 0.646. The fraction of sp³-hybridized carbons (Fsp3) is 0.375. The van der Waals surface area contributed by atoms with Crippen LogP contribution in [0.2, 0.25) is 0 Å². The molecule has 0 aliphatic heterocycles. The first-order valence-electron chi connectivity index (χ1n) is 4.06. The van der Waals surface area contributed by atoms with E-state index in [2.05, 4.69) is 31.1 Å². The van der Waals surface area contributed by atoms with E-state index in [0.717, 1.165) is 0 Å². The molecule has 0 aromatic carbocycles. The van der Waals surface area contributed by atoms with Crippen LogP contribution in [0.1, 0.15) is 10.5 Å². The molecule has 0 saturated heterocycles. The van der Waals surface area contributed by atoms with Crippen LogP contribution in [-0.4, -0.2) is 34.1 Å². The Morgan fingerprint density at radius 3 is 2.87 bits per heavy atom. The van der Waals surface area contributed by atoms with E-state index in [4.69, 9.17) is 0 Å². The number of methoxy groups -OCH3 is 1. The van der Waals surface area contributed by atoms with Crippen molar-refractivity contribution < 1.29 is 14.3 Å². The molecule has 1 aromatic heterocycles. The number of hydrogen-bond acceptors (Lipinski definition) is 4. The molecule has 1 aromatic rings. The first-order valence-corrected chi connectivity index (χ1v) is 5.18. The summed E-state index contributed by atoms with van der Waals surface area (Å²) in [6.07, 6.45) is 1.53. The third-order valence-corrected chi connectivity index (χ3v) is 2.11. The predicted molar refractivity (Wildman–Crippen MR) is 57.0 cm³/mol. The van der Waals surface area contributed by atoms with Crippen molar-refractivity contribution in [1.82, 2.24) is 9.78 Å². The van der Waals surface area contributed by atoms with Crippen molar-refractivity contribution in [3.63, 3.8) is 0 Å². The summed E-state index contributed by atoms with van der Waals surface area (Å²) in [4.78, 5) is 22.4. The Labute approximate surface area is 94.7 Å². The van der Waals surface area contributed by atoms with Crippen LogP contribution in [-0.2, 0) is 16.6 Å². The van der Waals surface area contributed by atoms with Gasteiger partial charge in [-0.15, -0.1) is 0 Å². The summed E-state index contributed by atoms with van der Waals surface area (Å²) < 4.78 is 5.95. The lowest BCUT2D eigenvalue weighted by Gasteiger charge is -2.01. The fourth-order valence-corrected chi connectivity index (χ4v) is 1.15. The van der Waals surface area contributed by atoms with E-state index < -0.39 is 5.97 Å². The highest BCUT2D eigenvalue weighted by Crippen LogP contribution is 2.14. The predicted octanol–water partition coefficient (Wildman–Crippen LogP) is 0.540. The van der Waals surface area contributed by atoms with Gasteiger partial charge in [-0.1, -0.05) is 15.9 Å². The summed E-state index contributed by atoms with van der Waals surface area (Å²) in [6.45, 7) is 0. The Hall–Kier alpha value is -1.37. The van der Waals surface area contributed by atoms with Gasteiger partial charge in [0.05, 0.1) is 18.1 Å². The van der Waals surface area contributed by atoms with Gasteiger partial charge >= 0.3 is 5.97 Å². The molecular weight excluding hydrogens is 266 g/mol. The van der Waals surface area contributed by atoms with Crippen molar-refractivity contribution in [3.8, 4) is 0 Å². The largest absolute Gasteiger partial charge is 0.464 e. The molecule has 0 spiro atoms. The number of ether oxygens (including phenoxy) is 1. The Kier molecular flexibility index (Phi) is 3.84. The molecule has 1 N–H and O–H groups in total. The number of esters is 1. The van der Waals surface area contributed by atoms with Gasteiger partial charge in [0.15, 0.2) is 5.69 Å². The first-order chi connectivity index (χ1) is 7.08. The molecule has 0 fully saturated rings. The van der Waals surface area contributed by atoms with Crippen molar-refractivity contribution >= 4 is 33.5 Å². The minimum absolute atomic E-state index is 0.0919. The summed E-state index contributed by atoms with van der Waals surface area (Å²) in [5, 5.41) is 6.56. The number of rotatable bonds is 3. The Morgan fingerprint density at radius 2 is 2.33 bits per heavy atom. The molecule has 0 unspecified atom stereocenters. The number of alkyl halides is 1. The zero-order valence-electron chi connectivity index (χ0n) is 8.28. The lowest BCUT2D eigenvalue weighted by molar-refractivity contribution is -0.113. The van der Waals surface area contributed by atoms with Crippen LogP contribution in [0, 0.1) is 0 Å². The highest BCUT2D eigenvalue weighted by atomic mass is 79.9. The number of anilines is 1. The summed E-state index contributed by atoms with van der Waals surface area (Å²) in [5.41, 5.74) is 0.433. The number of nitrogens with one attached hydrogen (secondary N) is 1. The number of aromatic nitrogens is 2. The second kappa shape index (κ2) is 4.92. The van der Waals surface area contributed by atoms with Gasteiger partial charge in [-0.3, -0.25) is 9.48 Å². The second-order valence-electron chi connectivity index (χ2n) is 2.74. The van der Waals surface area contributed by atoms with Crippen molar-refractivity contribution in [2.45, 2.75) is 0 Å². The first kappa shape index (κ1) is 11.7. The maximum absolute atomic E-state index is 11.3. The van der Waals surface area contributed by atoms with Crippen LogP contribution in [0.4, 0.5) is 5.69 Å². The minimum atomic E-state index is -0.583. The number of hydrogen-bond donors (Lipinski definition) is 1. The van der Waals surface area contributed by atoms with Gasteiger partial charge in [0, 0.05) is 13.2 Å². The molecule has 15 heavy (non-hydrogen) atoms. The summed E-state index contributed by atoms with van der Waals surface area (Å²) in [5.74, 6) is -0.839. The average molecular weight is 276 g/mol. The highest BCUT2D eigenvalue weighted by Gasteiger charge is 2.17. The van der Waals surface area contributed by atoms with Crippen molar-refractivity contribution in [2.24, 2.45) is 7.05 Å². The van der Waals surface area contributed by atoms with Gasteiger partial charge in [0.25, 0.3) is 0 Å². The fourth-order valence-electron chi connectivity index (χ4n) is 1.01. The van der Waals surface area contributed by atoms with Gasteiger partial charge in [0.1, 0.15) is 0 Å². The van der Waals surface area contributed by atoms with Gasteiger partial charge in [-0.05, 0) is 0 Å². The van der Waals surface area contributed by atoms with Crippen molar-refractivity contribution in [2.75, 3.05) is 17.8 Å². The second-order valence-corrected chi connectivity index (χ2v) is 3.30. The lowest BCUT2D eigenvalue weighted by Crippen LogP contribution is -2.15. The third kappa shape index (κ3) is 2.79. The number of carbonyl (C=O) groups is 2. The molecular formula is C8H10BrN3O3. The zero-order chi connectivity index (χ0) is 11.4. The third-order valence-electron chi connectivity index (χ3n) is 1.60. The molecule has 0 atom stereocenters. The van der Waals surface area contributed by atoms with E-state index in [-0.39, 0.29) is 16.9 Å². The van der Waals surface area contributed by atoms with E-state index in [0.29, 0.717) is 5.69 Å². The van der Waals surface area contributed by atoms with Crippen molar-refractivity contribution in [3.05, 3.63) is 11.9 Å². The summed E-state index contributed by atoms with van der Waals surface area (Å²) >= 11 is 3.00. The van der Waals surface area contributed by atoms with Gasteiger partial charge in [-0.2, -0.15) is 5.10 Å². The molecule has 1 rings (SSSR count). The Balaban J connectivity index is 2.96. The van der Waals surface area contributed by atoms with Crippen LogP contribution in [0.15, 0.2) is 6.20 Å². The lowest BCUT2D eigenvalue weighted by atomic mass is 10.3. The normalized spacial score (nSPS) is 9.80. The zero-order valence-corrected chi connectivity index (χ0v) is 9.87. The standard InChI is InChI=1S/C8H10BrN3O3/c1-12-4-5(10-6(13)3-9)7(11-12)8(14)15-2/h4H,3H2,1-2H3,(H,10,13). The van der Waals surface area contributed by atoms with Gasteiger partial charge in [-0.25, -0.2) is 4.79 Å². The number of carbonyl (C=O) groups excluding carboxylic acids is 2. The van der Waals surface area contributed by atoms with Gasteiger partial charge in [0.2, 0.25) is 5.91 Å². The number of aryl methyl sites for hydroxylation is 1. The Bertz CT molecular complexity index is 388. The summed E-state index contributed by atoms with van der Waals surface area (Å²) in [6, 6.07) is 0. The molecule has 0 saturated carbocycles. The molecule has 0 radical (unpaired) electrons. The molecule has 1 heterocycles. The highest BCUT2D eigenvalue weighted by molar-refractivity contribution is 9.09. The maximum Gasteiger partial charge on any atom is 0.360 e. The molecule has 1 amide bonds. The van der Waals surface area contributed by atoms with Gasteiger partial charge < -0.3 is 10.1 Å². The van der Waals surface area contributed by atoms with E-state index in [1.54, 1.807) is 7.05 Å². The monoisotopic (exact) mass is 275 g/mol. The molecule has 0 aliphatic carbocycles. The molecule has 6 nitrogen and oxygen atoms in total. The van der Waals surface area contributed by atoms with E-state index in [1.165, 1.54) is 18.0 Å². The van der Waals surface area contributed by atoms with Crippen LogP contribution < -0.4 is 5.32 Å². The topological polar surface area (TPSA) is 73.2 Å². The maximum atomic E-state index is 11.3. The van der Waals surface area contributed by atoms with Crippen LogP contribution in [0.3, 0.4) is 0 Å². The van der Waals surface area contributed by atoms with Crippen LogP contribution in [0.5, 0.6) is 0 Å². The van der Waals surface area contributed by atoms with Crippen molar-refractivity contribution in [1.29, 1.82) is 0 Å². The molecule has 7 heteroatoms. The Morgan fingerprint density at radius 1 is 1.67 bits per heavy atom. The number of amides is 1. The smallest absolute Gasteiger partial charge is 0.360 e.